The topological polar surface area (TPSA) is 76.4 Å². The van der Waals surface area contributed by atoms with Gasteiger partial charge in [0.2, 0.25) is 0 Å². The molecule has 146 valence electrons. The largest absolute Gasteiger partial charge is 0.479 e. The van der Waals surface area contributed by atoms with Crippen LogP contribution < -0.4 is 0 Å². The molecule has 0 bridgehead atoms. The fourth-order valence-electron chi connectivity index (χ4n) is 3.48. The van der Waals surface area contributed by atoms with Crippen LogP contribution in [0.25, 0.3) is 17.0 Å². The summed E-state index contributed by atoms with van der Waals surface area (Å²) in [5, 5.41) is 12.7. The van der Waals surface area contributed by atoms with Crippen molar-refractivity contribution in [1.29, 1.82) is 0 Å². The van der Waals surface area contributed by atoms with Crippen molar-refractivity contribution in [1.82, 2.24) is 4.57 Å². The Morgan fingerprint density at radius 1 is 1.18 bits per heavy atom. The first-order valence-corrected chi connectivity index (χ1v) is 11.0. The number of carboxylic acids is 1. The highest BCUT2D eigenvalue weighted by molar-refractivity contribution is 7.93. The number of hydrogen-bond acceptors (Lipinski definition) is 3. The molecule has 0 aliphatic rings. The second-order valence-electron chi connectivity index (χ2n) is 6.62. The van der Waals surface area contributed by atoms with E-state index in [0.717, 1.165) is 17.1 Å². The van der Waals surface area contributed by atoms with Crippen LogP contribution >= 0.6 is 11.6 Å². The molecule has 0 saturated carbocycles. The van der Waals surface area contributed by atoms with Crippen molar-refractivity contribution in [2.24, 2.45) is 0 Å². The molecule has 5 nitrogen and oxygen atoms in total. The van der Waals surface area contributed by atoms with Crippen LogP contribution in [0.15, 0.2) is 60.1 Å². The van der Waals surface area contributed by atoms with Gasteiger partial charge in [-0.3, -0.25) is 0 Å². The van der Waals surface area contributed by atoms with Gasteiger partial charge in [-0.05, 0) is 47.9 Å². The predicted molar refractivity (Wildman–Crippen MR) is 112 cm³/mol. The van der Waals surface area contributed by atoms with E-state index in [0.29, 0.717) is 28.1 Å². The minimum atomic E-state index is -3.27. The molecule has 0 aliphatic heterocycles. The van der Waals surface area contributed by atoms with Crippen LogP contribution in [0, 0.1) is 0 Å². The van der Waals surface area contributed by atoms with Crippen LogP contribution in [0.5, 0.6) is 0 Å². The van der Waals surface area contributed by atoms with Gasteiger partial charge < -0.3 is 9.67 Å². The summed E-state index contributed by atoms with van der Waals surface area (Å²) in [6, 6.07) is 14.0. The number of benzene rings is 2. The molecule has 1 N–H and O–H groups in total. The zero-order valence-electron chi connectivity index (χ0n) is 15.5. The minimum absolute atomic E-state index is 0.317. The van der Waals surface area contributed by atoms with Crippen LogP contribution in [-0.2, 0) is 20.2 Å². The number of carbonyl (C=O) groups is 1. The van der Waals surface area contributed by atoms with Gasteiger partial charge in [-0.25, -0.2) is 13.2 Å². The lowest BCUT2D eigenvalue weighted by atomic mass is 9.86. The maximum atomic E-state index is 12.5. The average Bonchev–Trinajstić information content (AvgIpc) is 3.07. The molecule has 1 unspecified atom stereocenters. The maximum absolute atomic E-state index is 12.5. The molecular weight excluding hydrogens is 398 g/mol. The first kappa shape index (κ1) is 20.2. The Balaban J connectivity index is 2.27. The number of fused-ring (bicyclic) bond motifs is 1. The van der Waals surface area contributed by atoms with Crippen LogP contribution in [0.2, 0.25) is 5.02 Å². The van der Waals surface area contributed by atoms with Gasteiger partial charge in [0, 0.05) is 33.8 Å². The van der Waals surface area contributed by atoms with Gasteiger partial charge in [-0.2, -0.15) is 0 Å². The Kier molecular flexibility index (Phi) is 5.37. The van der Waals surface area contributed by atoms with E-state index in [1.54, 1.807) is 53.2 Å². The Labute approximate surface area is 168 Å². The van der Waals surface area contributed by atoms with Crippen LogP contribution in [0.4, 0.5) is 0 Å². The van der Waals surface area contributed by atoms with E-state index in [1.165, 1.54) is 6.08 Å². The van der Waals surface area contributed by atoms with Crippen LogP contribution in [0.1, 0.15) is 24.5 Å². The summed E-state index contributed by atoms with van der Waals surface area (Å²) in [7, 11) is -3.27. The van der Waals surface area contributed by atoms with Crippen molar-refractivity contribution in [2.75, 3.05) is 6.26 Å². The SMILES string of the molecule is CCC(C(=O)O)(c1ccc(Cl)cc1)n1ccc2c(C=CS(C)(=O)=O)cccc21. The Bertz CT molecular complexity index is 1160. The molecule has 1 atom stereocenters. The first-order valence-electron chi connectivity index (χ1n) is 8.67. The van der Waals surface area contributed by atoms with Gasteiger partial charge in [0.05, 0.1) is 0 Å². The fraction of sp³-hybridized carbons (Fsp3) is 0.190. The summed E-state index contributed by atoms with van der Waals surface area (Å²) in [4.78, 5) is 12.5. The summed E-state index contributed by atoms with van der Waals surface area (Å²) in [6.45, 7) is 1.82. The molecule has 0 saturated heterocycles. The molecule has 0 aliphatic carbocycles. The number of aliphatic carboxylic acids is 1. The summed E-state index contributed by atoms with van der Waals surface area (Å²) < 4.78 is 24.7. The second kappa shape index (κ2) is 7.45. The standard InChI is InChI=1S/C21H20ClNO4S/c1-3-21(20(24)25,16-7-9-17(22)10-8-16)23-13-11-18-15(5-4-6-19(18)23)12-14-28(2,26)27/h4-14H,3H2,1-2H3,(H,24,25). The average molecular weight is 418 g/mol. The summed E-state index contributed by atoms with van der Waals surface area (Å²) in [5.74, 6) is -0.980. The van der Waals surface area contributed by atoms with E-state index < -0.39 is 21.3 Å². The van der Waals surface area contributed by atoms with E-state index >= 15 is 0 Å². The molecule has 2 aromatic carbocycles. The Morgan fingerprint density at radius 3 is 2.43 bits per heavy atom. The first-order chi connectivity index (χ1) is 13.2. The van der Waals surface area contributed by atoms with Crippen molar-refractivity contribution < 1.29 is 18.3 Å². The number of nitrogens with zero attached hydrogens (tertiary/aromatic N) is 1. The monoisotopic (exact) mass is 417 g/mol. The molecule has 1 aromatic heterocycles. The summed E-state index contributed by atoms with van der Waals surface area (Å²) in [5.41, 5.74) is 0.704. The van der Waals surface area contributed by atoms with E-state index in [1.807, 2.05) is 13.0 Å². The molecule has 3 aromatic rings. The van der Waals surface area contributed by atoms with Crippen LogP contribution in [0.3, 0.4) is 0 Å². The summed E-state index contributed by atoms with van der Waals surface area (Å²) in [6.07, 6.45) is 4.70. The molecule has 1 heterocycles. The van der Waals surface area contributed by atoms with E-state index in [-0.39, 0.29) is 0 Å². The smallest absolute Gasteiger partial charge is 0.334 e. The molecular formula is C21H20ClNO4S. The maximum Gasteiger partial charge on any atom is 0.334 e. The second-order valence-corrected chi connectivity index (χ2v) is 8.99. The van der Waals surface area contributed by atoms with E-state index in [4.69, 9.17) is 11.6 Å². The van der Waals surface area contributed by atoms with Gasteiger partial charge >= 0.3 is 5.97 Å². The molecule has 0 spiro atoms. The number of aromatic nitrogens is 1. The van der Waals surface area contributed by atoms with E-state index in [2.05, 4.69) is 0 Å². The molecule has 3 rings (SSSR count). The lowest BCUT2D eigenvalue weighted by Gasteiger charge is -2.32. The van der Waals surface area contributed by atoms with Gasteiger partial charge in [0.15, 0.2) is 15.4 Å². The van der Waals surface area contributed by atoms with Crippen molar-refractivity contribution in [2.45, 2.75) is 18.9 Å². The lowest BCUT2D eigenvalue weighted by Crippen LogP contribution is -2.42. The van der Waals surface area contributed by atoms with Crippen molar-refractivity contribution in [3.05, 3.63) is 76.3 Å². The molecule has 0 radical (unpaired) electrons. The Morgan fingerprint density at radius 2 is 1.86 bits per heavy atom. The Hall–Kier alpha value is -2.57. The third-order valence-corrected chi connectivity index (χ3v) is 5.74. The van der Waals surface area contributed by atoms with Gasteiger partial charge in [-0.15, -0.1) is 0 Å². The van der Waals surface area contributed by atoms with E-state index in [9.17, 15) is 18.3 Å². The van der Waals surface area contributed by atoms with Crippen molar-refractivity contribution in [3.63, 3.8) is 0 Å². The predicted octanol–water partition coefficient (Wildman–Crippen LogP) is 4.55. The van der Waals surface area contributed by atoms with Crippen molar-refractivity contribution in [3.8, 4) is 0 Å². The lowest BCUT2D eigenvalue weighted by molar-refractivity contribution is -0.145. The molecule has 0 amide bonds. The highest BCUT2D eigenvalue weighted by Gasteiger charge is 2.41. The number of sulfone groups is 1. The third-order valence-electron chi connectivity index (χ3n) is 4.86. The number of carboxylic acid groups (broad SMARTS) is 1. The van der Waals surface area contributed by atoms with Gasteiger partial charge in [-0.1, -0.05) is 42.8 Å². The number of halogens is 1. The van der Waals surface area contributed by atoms with Gasteiger partial charge in [0.25, 0.3) is 0 Å². The molecule has 7 heteroatoms. The van der Waals surface area contributed by atoms with Crippen molar-refractivity contribution >= 4 is 44.4 Å². The summed E-state index contributed by atoms with van der Waals surface area (Å²) >= 11 is 5.99. The molecule has 0 fully saturated rings. The minimum Gasteiger partial charge on any atom is -0.479 e. The quantitative estimate of drug-likeness (QED) is 0.638. The zero-order valence-corrected chi connectivity index (χ0v) is 17.0. The highest BCUT2D eigenvalue weighted by Crippen LogP contribution is 2.36. The normalized spacial score (nSPS) is 14.4. The zero-order chi connectivity index (χ0) is 20.5. The fourth-order valence-corrected chi connectivity index (χ4v) is 4.00. The number of hydrogen-bond donors (Lipinski definition) is 1. The van der Waals surface area contributed by atoms with Gasteiger partial charge in [0.1, 0.15) is 0 Å². The number of rotatable bonds is 6. The highest BCUT2D eigenvalue weighted by atomic mass is 35.5. The third kappa shape index (κ3) is 3.57. The van der Waals surface area contributed by atoms with Crippen LogP contribution in [-0.4, -0.2) is 30.3 Å². The molecule has 28 heavy (non-hydrogen) atoms.